The summed E-state index contributed by atoms with van der Waals surface area (Å²) in [7, 11) is -3.27. The number of anilines is 1. The van der Waals surface area contributed by atoms with E-state index in [9.17, 15) is 8.42 Å². The van der Waals surface area contributed by atoms with Crippen LogP contribution in [-0.4, -0.2) is 18.7 Å². The minimum Gasteiger partial charge on any atom is -0.282 e. The van der Waals surface area contributed by atoms with E-state index in [0.29, 0.717) is 5.69 Å². The zero-order chi connectivity index (χ0) is 11.5. The highest BCUT2D eigenvalue weighted by atomic mass is 32.2. The summed E-state index contributed by atoms with van der Waals surface area (Å²) in [5, 5.41) is -0.442. The van der Waals surface area contributed by atoms with Gasteiger partial charge in [0.2, 0.25) is 10.0 Å². The van der Waals surface area contributed by atoms with Gasteiger partial charge in [0.25, 0.3) is 0 Å². The standard InChI is InChI=1S/C10H16N2O2S/c1-4-9-5-10(7-11-6-9)12-15(13,14)8(2)3/h5-8,12H,4H2,1-3H3. The quantitative estimate of drug-likeness (QED) is 0.854. The van der Waals surface area contributed by atoms with E-state index in [1.807, 2.05) is 6.92 Å². The molecule has 0 saturated heterocycles. The van der Waals surface area contributed by atoms with Crippen LogP contribution >= 0.6 is 0 Å². The van der Waals surface area contributed by atoms with Gasteiger partial charge < -0.3 is 0 Å². The molecule has 0 atom stereocenters. The van der Waals surface area contributed by atoms with Gasteiger partial charge in [-0.15, -0.1) is 0 Å². The number of sulfonamides is 1. The normalized spacial score (nSPS) is 11.7. The Morgan fingerprint density at radius 1 is 1.40 bits per heavy atom. The molecule has 1 heterocycles. The number of pyridine rings is 1. The van der Waals surface area contributed by atoms with E-state index in [1.165, 1.54) is 6.20 Å². The summed E-state index contributed by atoms with van der Waals surface area (Å²) in [4.78, 5) is 3.97. The van der Waals surface area contributed by atoms with E-state index in [0.717, 1.165) is 12.0 Å². The number of nitrogens with one attached hydrogen (secondary N) is 1. The SMILES string of the molecule is CCc1cncc(NS(=O)(=O)C(C)C)c1. The first-order valence-electron chi connectivity index (χ1n) is 4.91. The van der Waals surface area contributed by atoms with Crippen LogP contribution in [0.5, 0.6) is 0 Å². The Labute approximate surface area is 90.8 Å². The van der Waals surface area contributed by atoms with E-state index in [2.05, 4.69) is 9.71 Å². The van der Waals surface area contributed by atoms with Crippen molar-refractivity contribution in [2.45, 2.75) is 32.4 Å². The van der Waals surface area contributed by atoms with Crippen molar-refractivity contribution in [1.82, 2.24) is 4.98 Å². The number of aromatic nitrogens is 1. The average Bonchev–Trinajstić information content (AvgIpc) is 2.17. The Morgan fingerprint density at radius 2 is 2.07 bits per heavy atom. The second kappa shape index (κ2) is 4.61. The van der Waals surface area contributed by atoms with Crippen LogP contribution in [0, 0.1) is 0 Å². The van der Waals surface area contributed by atoms with E-state index >= 15 is 0 Å². The van der Waals surface area contributed by atoms with E-state index in [1.54, 1.807) is 26.1 Å². The fourth-order valence-electron chi connectivity index (χ4n) is 1.02. The Morgan fingerprint density at radius 3 is 2.60 bits per heavy atom. The van der Waals surface area contributed by atoms with Gasteiger partial charge in [0.15, 0.2) is 0 Å². The molecule has 0 aromatic carbocycles. The van der Waals surface area contributed by atoms with Crippen LogP contribution in [0.2, 0.25) is 0 Å². The van der Waals surface area contributed by atoms with Crippen molar-refractivity contribution in [1.29, 1.82) is 0 Å². The molecule has 4 nitrogen and oxygen atoms in total. The second-order valence-electron chi connectivity index (χ2n) is 3.63. The number of aryl methyl sites for hydroxylation is 1. The van der Waals surface area contributed by atoms with Crippen molar-refractivity contribution < 1.29 is 8.42 Å². The monoisotopic (exact) mass is 228 g/mol. The Balaban J connectivity index is 2.90. The zero-order valence-electron chi connectivity index (χ0n) is 9.19. The molecule has 1 aromatic heterocycles. The molecule has 1 N–H and O–H groups in total. The van der Waals surface area contributed by atoms with Gasteiger partial charge in [-0.05, 0) is 31.9 Å². The number of hydrogen-bond donors (Lipinski definition) is 1. The van der Waals surface area contributed by atoms with Crippen molar-refractivity contribution in [3.8, 4) is 0 Å². The lowest BCUT2D eigenvalue weighted by molar-refractivity contribution is 0.592. The van der Waals surface area contributed by atoms with Gasteiger partial charge in [-0.1, -0.05) is 6.92 Å². The molecular formula is C10H16N2O2S. The first-order valence-corrected chi connectivity index (χ1v) is 6.46. The second-order valence-corrected chi connectivity index (χ2v) is 5.87. The Bertz CT molecular complexity index is 427. The molecule has 0 aliphatic carbocycles. The molecule has 84 valence electrons. The maximum atomic E-state index is 11.6. The van der Waals surface area contributed by atoms with Crippen LogP contribution in [0.15, 0.2) is 18.5 Å². The number of hydrogen-bond acceptors (Lipinski definition) is 3. The Kier molecular flexibility index (Phi) is 3.68. The number of nitrogens with zero attached hydrogens (tertiary/aromatic N) is 1. The lowest BCUT2D eigenvalue weighted by atomic mass is 10.2. The topological polar surface area (TPSA) is 59.1 Å². The molecule has 0 aliphatic rings. The molecule has 0 bridgehead atoms. The van der Waals surface area contributed by atoms with Crippen LogP contribution in [0.25, 0.3) is 0 Å². The molecule has 15 heavy (non-hydrogen) atoms. The summed E-state index contributed by atoms with van der Waals surface area (Å²) in [6, 6.07) is 1.80. The lowest BCUT2D eigenvalue weighted by Gasteiger charge is -2.10. The van der Waals surface area contributed by atoms with Crippen molar-refractivity contribution in [2.75, 3.05) is 4.72 Å². The lowest BCUT2D eigenvalue weighted by Crippen LogP contribution is -2.22. The van der Waals surface area contributed by atoms with Crippen LogP contribution in [0.1, 0.15) is 26.3 Å². The summed E-state index contributed by atoms with van der Waals surface area (Å²) in [5.74, 6) is 0. The molecule has 5 heteroatoms. The van der Waals surface area contributed by atoms with E-state index in [-0.39, 0.29) is 0 Å². The maximum Gasteiger partial charge on any atom is 0.235 e. The molecule has 0 unspecified atom stereocenters. The van der Waals surface area contributed by atoms with Crippen LogP contribution < -0.4 is 4.72 Å². The minimum atomic E-state index is -3.27. The Hall–Kier alpha value is -1.10. The van der Waals surface area contributed by atoms with Gasteiger partial charge in [-0.25, -0.2) is 8.42 Å². The summed E-state index contributed by atoms with van der Waals surface area (Å²) < 4.78 is 25.6. The van der Waals surface area contributed by atoms with Gasteiger partial charge >= 0.3 is 0 Å². The van der Waals surface area contributed by atoms with Gasteiger partial charge in [0.05, 0.1) is 17.1 Å². The maximum absolute atomic E-state index is 11.6. The first kappa shape index (κ1) is 12.0. The van der Waals surface area contributed by atoms with Gasteiger partial charge in [-0.3, -0.25) is 9.71 Å². The van der Waals surface area contributed by atoms with Crippen molar-refractivity contribution >= 4 is 15.7 Å². The summed E-state index contributed by atoms with van der Waals surface area (Å²) >= 11 is 0. The molecule has 0 radical (unpaired) electrons. The van der Waals surface area contributed by atoms with Gasteiger partial charge in [-0.2, -0.15) is 0 Å². The largest absolute Gasteiger partial charge is 0.282 e. The van der Waals surface area contributed by atoms with Crippen LogP contribution in [-0.2, 0) is 16.4 Å². The first-order chi connectivity index (χ1) is 6.95. The third-order valence-electron chi connectivity index (χ3n) is 2.08. The highest BCUT2D eigenvalue weighted by Crippen LogP contribution is 2.12. The zero-order valence-corrected chi connectivity index (χ0v) is 10.0. The smallest absolute Gasteiger partial charge is 0.235 e. The fraction of sp³-hybridized carbons (Fsp3) is 0.500. The predicted octanol–water partition coefficient (Wildman–Crippen LogP) is 1.79. The molecule has 0 spiro atoms. The third-order valence-corrected chi connectivity index (χ3v) is 3.85. The van der Waals surface area contributed by atoms with Crippen molar-refractivity contribution in [3.05, 3.63) is 24.0 Å². The highest BCUT2D eigenvalue weighted by Gasteiger charge is 2.15. The molecule has 0 amide bonds. The van der Waals surface area contributed by atoms with Gasteiger partial charge in [0, 0.05) is 6.20 Å². The molecule has 0 saturated carbocycles. The number of rotatable bonds is 4. The molecule has 1 aromatic rings. The van der Waals surface area contributed by atoms with E-state index in [4.69, 9.17) is 0 Å². The summed E-state index contributed by atoms with van der Waals surface area (Å²) in [6.07, 6.45) is 4.08. The molecule has 0 fully saturated rings. The van der Waals surface area contributed by atoms with Crippen LogP contribution in [0.4, 0.5) is 5.69 Å². The molecular weight excluding hydrogens is 212 g/mol. The average molecular weight is 228 g/mol. The van der Waals surface area contributed by atoms with Gasteiger partial charge in [0.1, 0.15) is 0 Å². The predicted molar refractivity (Wildman–Crippen MR) is 61.3 cm³/mol. The molecule has 0 aliphatic heterocycles. The van der Waals surface area contributed by atoms with Crippen LogP contribution in [0.3, 0.4) is 0 Å². The van der Waals surface area contributed by atoms with Crippen molar-refractivity contribution in [2.24, 2.45) is 0 Å². The minimum absolute atomic E-state index is 0.442. The summed E-state index contributed by atoms with van der Waals surface area (Å²) in [6.45, 7) is 5.27. The highest BCUT2D eigenvalue weighted by molar-refractivity contribution is 7.93. The molecule has 1 rings (SSSR count). The van der Waals surface area contributed by atoms with E-state index < -0.39 is 15.3 Å². The summed E-state index contributed by atoms with van der Waals surface area (Å²) in [5.41, 5.74) is 1.54. The third kappa shape index (κ3) is 3.20. The van der Waals surface area contributed by atoms with Crippen molar-refractivity contribution in [3.63, 3.8) is 0 Å². The fourth-order valence-corrected chi connectivity index (χ4v) is 1.69.